The number of alkyl halides is 2. The highest BCUT2D eigenvalue weighted by atomic mass is 32.1. The van der Waals surface area contributed by atoms with E-state index in [0.29, 0.717) is 103 Å². The van der Waals surface area contributed by atoms with E-state index in [4.69, 9.17) is 10.1 Å². The van der Waals surface area contributed by atoms with Crippen molar-refractivity contribution in [3.63, 3.8) is 0 Å². The molecule has 79 heavy (non-hydrogen) atoms. The minimum absolute atomic E-state index is 0.0267. The number of nitrogens with one attached hydrogen (secondary N) is 4. The number of fused-ring (bicyclic) bond motifs is 2. The number of para-hydroxylation sites is 1. The molecule has 4 amide bonds. The smallest absolute Gasteiger partial charge is 0.355 e. The molecule has 0 spiro atoms. The number of benzene rings is 4. The standard InChI is InChI=1S/C58H63F2N11O7S/c1-34-28-67(29-35(2)71(34)31-51(73)69-25-23-68(24-26-69)38-15-16-42(46(27-38)62-4)52(61)43-18-20-50(72)65-55(43)75)32-58(59,60)33-78-47-13-8-10-39(36(47)3)40-17-19-49(64-53(40)56(76)77)70-22-21-37-9-7-11-41(44(37)30-70)54(74)66-57-63-45-12-5-6-14-48(45)79-57/h5-17,19,27,34-35,43,61-62H,18,20-26,28-33H2,1-4H3,(H,76,77)(H,63,66,74)(H,65,72,75)/t34-,35+,43?. The zero-order valence-corrected chi connectivity index (χ0v) is 45.3. The molecule has 0 aliphatic carbocycles. The first-order chi connectivity index (χ1) is 37.9. The second-order valence-corrected chi connectivity index (χ2v) is 21.9. The van der Waals surface area contributed by atoms with Gasteiger partial charge in [0.25, 0.3) is 11.8 Å². The number of rotatable bonds is 16. The summed E-state index contributed by atoms with van der Waals surface area (Å²) in [4.78, 5) is 83.4. The average molecular weight is 1100 g/mol. The fraction of sp³-hybridized carbons (Fsp3) is 0.379. The molecule has 3 atom stereocenters. The van der Waals surface area contributed by atoms with Crippen molar-refractivity contribution in [3.8, 4) is 16.9 Å². The molecule has 412 valence electrons. The Hall–Kier alpha value is -7.88. The first-order valence-electron chi connectivity index (χ1n) is 26.6. The summed E-state index contributed by atoms with van der Waals surface area (Å²) in [6.45, 7) is 7.97. The van der Waals surface area contributed by atoms with Crippen molar-refractivity contribution >= 4 is 79.2 Å². The number of nitrogens with zero attached hydrogens (tertiary/aromatic N) is 7. The molecule has 18 nitrogen and oxygen atoms in total. The Morgan fingerprint density at radius 1 is 0.873 bits per heavy atom. The Labute approximate surface area is 460 Å². The van der Waals surface area contributed by atoms with Gasteiger partial charge in [0.15, 0.2) is 17.4 Å². The minimum Gasteiger partial charge on any atom is -0.487 e. The van der Waals surface area contributed by atoms with Crippen molar-refractivity contribution in [2.75, 3.05) is 93.0 Å². The largest absolute Gasteiger partial charge is 0.487 e. The number of carboxylic acids is 1. The van der Waals surface area contributed by atoms with Crippen molar-refractivity contribution in [2.45, 2.75) is 64.6 Å². The second kappa shape index (κ2) is 22.8. The van der Waals surface area contributed by atoms with Gasteiger partial charge in [0, 0.05) is 106 Å². The van der Waals surface area contributed by atoms with Crippen LogP contribution in [0.3, 0.4) is 0 Å². The van der Waals surface area contributed by atoms with Crippen LogP contribution in [0, 0.1) is 18.3 Å². The number of imide groups is 1. The van der Waals surface area contributed by atoms with Gasteiger partial charge in [-0.05, 0) is 110 Å². The van der Waals surface area contributed by atoms with Crippen molar-refractivity contribution in [1.29, 1.82) is 5.41 Å². The Balaban J connectivity index is 0.720. The van der Waals surface area contributed by atoms with E-state index in [-0.39, 0.29) is 66.3 Å². The molecule has 6 heterocycles. The number of pyridine rings is 1. The molecule has 4 aliphatic heterocycles. The zero-order chi connectivity index (χ0) is 55.7. The lowest BCUT2D eigenvalue weighted by Crippen LogP contribution is -2.61. The van der Waals surface area contributed by atoms with Crippen LogP contribution in [0.15, 0.2) is 91.0 Å². The third kappa shape index (κ3) is 11.8. The van der Waals surface area contributed by atoms with Crippen LogP contribution in [-0.4, -0.2) is 156 Å². The third-order valence-electron chi connectivity index (χ3n) is 15.6. The number of thiazole rings is 1. The summed E-state index contributed by atoms with van der Waals surface area (Å²) in [5, 5.41) is 28.2. The van der Waals surface area contributed by atoms with E-state index in [0.717, 1.165) is 27.0 Å². The molecule has 4 aromatic carbocycles. The summed E-state index contributed by atoms with van der Waals surface area (Å²) >= 11 is 1.39. The highest BCUT2D eigenvalue weighted by Crippen LogP contribution is 2.36. The molecule has 0 radical (unpaired) electrons. The maximum atomic E-state index is 15.9. The van der Waals surface area contributed by atoms with E-state index >= 15 is 8.78 Å². The fourth-order valence-electron chi connectivity index (χ4n) is 11.4. The summed E-state index contributed by atoms with van der Waals surface area (Å²) in [5.41, 5.74) is 6.52. The van der Waals surface area contributed by atoms with Crippen molar-refractivity contribution < 1.29 is 42.6 Å². The first kappa shape index (κ1) is 54.5. The van der Waals surface area contributed by atoms with E-state index in [1.807, 2.05) is 78.2 Å². The predicted octanol–water partition coefficient (Wildman–Crippen LogP) is 7.40. The fourth-order valence-corrected chi connectivity index (χ4v) is 12.3. The van der Waals surface area contributed by atoms with Gasteiger partial charge in [-0.2, -0.15) is 0 Å². The molecular weight excluding hydrogens is 1030 g/mol. The van der Waals surface area contributed by atoms with Gasteiger partial charge in [-0.25, -0.2) is 23.5 Å². The maximum Gasteiger partial charge on any atom is 0.355 e. The van der Waals surface area contributed by atoms with E-state index in [1.165, 1.54) is 11.3 Å². The van der Waals surface area contributed by atoms with Crippen molar-refractivity contribution in [3.05, 3.63) is 125 Å². The molecule has 10 rings (SSSR count). The number of aromatic carboxylic acids is 1. The molecule has 3 fully saturated rings. The Kier molecular flexibility index (Phi) is 15.7. The van der Waals surface area contributed by atoms with E-state index in [9.17, 15) is 29.1 Å². The number of carbonyl (C=O) groups excluding carboxylic acids is 4. The van der Waals surface area contributed by atoms with E-state index in [1.54, 1.807) is 55.3 Å². The number of amides is 4. The zero-order valence-electron chi connectivity index (χ0n) is 44.5. The number of carbonyl (C=O) groups is 5. The van der Waals surface area contributed by atoms with E-state index in [2.05, 4.69) is 35.7 Å². The van der Waals surface area contributed by atoms with Gasteiger partial charge >= 0.3 is 5.97 Å². The summed E-state index contributed by atoms with van der Waals surface area (Å²) in [6, 6.07) is 26.9. The SMILES string of the molecule is CNc1cc(N2CCN(C(=O)CN3[C@H](C)CN(CC(F)(F)COc4cccc(-c5ccc(N6CCc7cccc(C(=O)Nc8nc9ccccc9s8)c7C6)nc5C(=O)O)c4C)C[C@@H]3C)CC2)ccc1C(=N)C1CCC(=O)NC1=O. The number of ether oxygens (including phenoxy) is 1. The second-order valence-electron chi connectivity index (χ2n) is 20.8. The molecule has 0 bridgehead atoms. The maximum absolute atomic E-state index is 15.9. The number of carboxylic acid groups (broad SMARTS) is 1. The predicted molar refractivity (Wildman–Crippen MR) is 300 cm³/mol. The Morgan fingerprint density at radius 2 is 1.63 bits per heavy atom. The molecule has 5 N–H and O–H groups in total. The van der Waals surface area contributed by atoms with Gasteiger partial charge in [-0.3, -0.25) is 39.6 Å². The molecular formula is C58H63F2N11O7S. The molecule has 21 heteroatoms. The number of aromatic nitrogens is 2. The number of hydrogen-bond acceptors (Lipinski definition) is 15. The number of halogens is 2. The number of piperidine rings is 1. The molecule has 0 saturated carbocycles. The van der Waals surface area contributed by atoms with Gasteiger partial charge < -0.3 is 35.3 Å². The van der Waals surface area contributed by atoms with Gasteiger partial charge in [-0.15, -0.1) is 0 Å². The number of hydrogen-bond donors (Lipinski definition) is 5. The van der Waals surface area contributed by atoms with Crippen LogP contribution in [0.1, 0.15) is 69.8 Å². The number of piperazine rings is 2. The topological polar surface area (TPSA) is 217 Å². The summed E-state index contributed by atoms with van der Waals surface area (Å²) in [6.07, 6.45) is 1.08. The molecule has 1 unspecified atom stereocenters. The monoisotopic (exact) mass is 1100 g/mol. The van der Waals surface area contributed by atoms with E-state index < -0.39 is 36.9 Å². The lowest BCUT2D eigenvalue weighted by Gasteiger charge is -2.45. The lowest BCUT2D eigenvalue weighted by molar-refractivity contribution is -0.136. The minimum atomic E-state index is -3.25. The summed E-state index contributed by atoms with van der Waals surface area (Å²) in [7, 11) is 1.76. The highest BCUT2D eigenvalue weighted by molar-refractivity contribution is 7.22. The number of anilines is 4. The van der Waals surface area contributed by atoms with Crippen LogP contribution >= 0.6 is 11.3 Å². The van der Waals surface area contributed by atoms with Crippen LogP contribution in [0.4, 0.5) is 31.1 Å². The lowest BCUT2D eigenvalue weighted by atomic mass is 9.88. The molecule has 6 aromatic rings. The normalized spacial score (nSPS) is 19.2. The van der Waals surface area contributed by atoms with Gasteiger partial charge in [0.1, 0.15) is 11.6 Å². The van der Waals surface area contributed by atoms with Crippen LogP contribution in [0.25, 0.3) is 21.3 Å². The summed E-state index contributed by atoms with van der Waals surface area (Å²) < 4.78 is 38.6. The Bertz CT molecular complexity index is 3320. The van der Waals surface area contributed by atoms with Gasteiger partial charge in [-0.1, -0.05) is 47.7 Å². The van der Waals surface area contributed by atoms with Crippen LogP contribution in [0.2, 0.25) is 0 Å². The Morgan fingerprint density at radius 3 is 2.37 bits per heavy atom. The quantitative estimate of drug-likeness (QED) is 0.0472. The van der Waals surface area contributed by atoms with Crippen molar-refractivity contribution in [2.24, 2.45) is 5.92 Å². The highest BCUT2D eigenvalue weighted by Gasteiger charge is 2.39. The average Bonchev–Trinajstić information content (AvgIpc) is 3.92. The van der Waals surface area contributed by atoms with Gasteiger partial charge in [0.05, 0.1) is 34.9 Å². The van der Waals surface area contributed by atoms with Gasteiger partial charge in [0.2, 0.25) is 17.7 Å². The summed E-state index contributed by atoms with van der Waals surface area (Å²) in [5.74, 6) is -5.71. The molecule has 4 aliphatic rings. The van der Waals surface area contributed by atoms with Crippen molar-refractivity contribution in [1.82, 2.24) is 30.0 Å². The molecule has 3 saturated heterocycles. The third-order valence-corrected chi connectivity index (χ3v) is 16.5. The first-order valence-corrected chi connectivity index (χ1v) is 27.4. The molecule has 2 aromatic heterocycles. The van der Waals surface area contributed by atoms with Crippen LogP contribution in [0.5, 0.6) is 5.75 Å². The van der Waals surface area contributed by atoms with Crippen LogP contribution in [-0.2, 0) is 27.3 Å². The van der Waals surface area contributed by atoms with Crippen LogP contribution < -0.4 is 30.5 Å².